The molecule has 1 heterocycles. The largest absolute Gasteiger partial charge is 0.311 e. The Hall–Kier alpha value is -0.480. The molecule has 0 amide bonds. The normalized spacial score (nSPS) is 10.9. The Morgan fingerprint density at radius 1 is 1.50 bits per heavy atom. The summed E-state index contributed by atoms with van der Waals surface area (Å²) in [6.45, 7) is 0.422. The van der Waals surface area contributed by atoms with Crippen molar-refractivity contribution < 1.29 is 8.78 Å². The van der Waals surface area contributed by atoms with Gasteiger partial charge in [-0.15, -0.1) is 0 Å². The predicted molar refractivity (Wildman–Crippen MR) is 46.9 cm³/mol. The van der Waals surface area contributed by atoms with E-state index >= 15 is 0 Å². The smallest absolute Gasteiger partial charge is 0.250 e. The van der Waals surface area contributed by atoms with Gasteiger partial charge in [-0.1, -0.05) is 0 Å². The van der Waals surface area contributed by atoms with Gasteiger partial charge in [0, 0.05) is 0 Å². The lowest BCUT2D eigenvalue weighted by molar-refractivity contribution is 0.146. The lowest BCUT2D eigenvalue weighted by atomic mass is 10.2. The molecule has 4 heteroatoms. The van der Waals surface area contributed by atoms with Crippen LogP contribution < -0.4 is 5.32 Å². The van der Waals surface area contributed by atoms with Gasteiger partial charge in [-0.05, 0) is 35.4 Å². The van der Waals surface area contributed by atoms with E-state index in [0.29, 0.717) is 6.54 Å². The summed E-state index contributed by atoms with van der Waals surface area (Å²) in [5.74, 6) is 0. The Balaban J connectivity index is 2.04. The molecule has 0 aliphatic heterocycles. The van der Waals surface area contributed by atoms with Crippen LogP contribution in [0.25, 0.3) is 0 Å². The van der Waals surface area contributed by atoms with Gasteiger partial charge in [0.1, 0.15) is 0 Å². The molecule has 68 valence electrons. The first-order valence-corrected chi connectivity index (χ1v) is 4.73. The lowest BCUT2D eigenvalue weighted by Gasteiger charge is -2.01. The number of hydrogen-bond acceptors (Lipinski definition) is 2. The summed E-state index contributed by atoms with van der Waals surface area (Å²) >= 11 is 1.63. The molecule has 0 aromatic carbocycles. The fourth-order valence-corrected chi connectivity index (χ4v) is 1.58. The molecule has 0 saturated carbocycles. The maximum absolute atomic E-state index is 11.6. The van der Waals surface area contributed by atoms with E-state index in [0.717, 1.165) is 6.42 Å². The first-order chi connectivity index (χ1) is 5.79. The van der Waals surface area contributed by atoms with Crippen LogP contribution in [-0.4, -0.2) is 19.5 Å². The average Bonchev–Trinajstić information content (AvgIpc) is 2.49. The number of rotatable bonds is 5. The van der Waals surface area contributed by atoms with Crippen LogP contribution in [0.5, 0.6) is 0 Å². The van der Waals surface area contributed by atoms with Crippen LogP contribution in [0.1, 0.15) is 5.56 Å². The van der Waals surface area contributed by atoms with Crippen LogP contribution in [0.4, 0.5) is 8.78 Å². The van der Waals surface area contributed by atoms with Crippen LogP contribution in [0.2, 0.25) is 0 Å². The van der Waals surface area contributed by atoms with Crippen molar-refractivity contribution in [3.8, 4) is 0 Å². The third kappa shape index (κ3) is 3.78. The molecule has 0 saturated heterocycles. The van der Waals surface area contributed by atoms with E-state index in [9.17, 15) is 8.78 Å². The molecule has 0 radical (unpaired) electrons. The Labute approximate surface area is 74.4 Å². The van der Waals surface area contributed by atoms with Crippen molar-refractivity contribution in [3.05, 3.63) is 22.4 Å². The van der Waals surface area contributed by atoms with E-state index in [1.54, 1.807) is 11.3 Å². The number of alkyl halides is 2. The maximum atomic E-state index is 11.6. The van der Waals surface area contributed by atoms with Crippen molar-refractivity contribution in [2.24, 2.45) is 0 Å². The Kier molecular flexibility index (Phi) is 4.18. The van der Waals surface area contributed by atoms with Gasteiger partial charge in [0.2, 0.25) is 0 Å². The third-order valence-corrected chi connectivity index (χ3v) is 2.20. The highest BCUT2D eigenvalue weighted by atomic mass is 32.1. The monoisotopic (exact) mass is 191 g/mol. The first kappa shape index (κ1) is 9.61. The molecule has 0 bridgehead atoms. The highest BCUT2D eigenvalue weighted by Gasteiger charge is 1.99. The molecule has 1 N–H and O–H groups in total. The van der Waals surface area contributed by atoms with Gasteiger partial charge in [0.05, 0.1) is 6.54 Å². The van der Waals surface area contributed by atoms with Gasteiger partial charge >= 0.3 is 0 Å². The molecule has 12 heavy (non-hydrogen) atoms. The van der Waals surface area contributed by atoms with Crippen LogP contribution >= 0.6 is 11.3 Å². The van der Waals surface area contributed by atoms with Crippen molar-refractivity contribution >= 4 is 11.3 Å². The zero-order chi connectivity index (χ0) is 8.81. The molecule has 0 aliphatic rings. The Morgan fingerprint density at radius 2 is 2.33 bits per heavy atom. The second-order valence-corrected chi connectivity index (χ2v) is 3.26. The lowest BCUT2D eigenvalue weighted by Crippen LogP contribution is -2.23. The van der Waals surface area contributed by atoms with Gasteiger partial charge < -0.3 is 5.32 Å². The Bertz CT molecular complexity index is 199. The quantitative estimate of drug-likeness (QED) is 0.703. The van der Waals surface area contributed by atoms with Crippen LogP contribution in [0.15, 0.2) is 16.8 Å². The Morgan fingerprint density at radius 3 is 2.92 bits per heavy atom. The van der Waals surface area contributed by atoms with E-state index in [4.69, 9.17) is 0 Å². The van der Waals surface area contributed by atoms with Crippen molar-refractivity contribution in [1.82, 2.24) is 5.32 Å². The molecule has 0 aliphatic carbocycles. The molecule has 1 nitrogen and oxygen atoms in total. The number of halogens is 2. The third-order valence-electron chi connectivity index (χ3n) is 1.47. The number of thiophene rings is 1. The highest BCUT2D eigenvalue weighted by Crippen LogP contribution is 2.05. The molecule has 0 unspecified atom stereocenters. The molecule has 1 aromatic heterocycles. The average molecular weight is 191 g/mol. The summed E-state index contributed by atoms with van der Waals surface area (Å²) in [6, 6.07) is 2.01. The van der Waals surface area contributed by atoms with Gasteiger partial charge in [0.25, 0.3) is 6.43 Å². The van der Waals surface area contributed by atoms with E-state index in [-0.39, 0.29) is 6.54 Å². The first-order valence-electron chi connectivity index (χ1n) is 3.79. The summed E-state index contributed by atoms with van der Waals surface area (Å²) in [5.41, 5.74) is 1.21. The van der Waals surface area contributed by atoms with Crippen molar-refractivity contribution in [1.29, 1.82) is 0 Å². The predicted octanol–water partition coefficient (Wildman–Crippen LogP) is 2.15. The van der Waals surface area contributed by atoms with Crippen LogP contribution in [0.3, 0.4) is 0 Å². The van der Waals surface area contributed by atoms with Gasteiger partial charge in [-0.25, -0.2) is 8.78 Å². The minimum atomic E-state index is -2.24. The summed E-state index contributed by atoms with van der Waals surface area (Å²) in [6.07, 6.45) is -1.41. The van der Waals surface area contributed by atoms with Crippen LogP contribution in [-0.2, 0) is 6.42 Å². The zero-order valence-electron chi connectivity index (χ0n) is 6.59. The number of hydrogen-bond donors (Lipinski definition) is 1. The number of nitrogens with one attached hydrogen (secondary N) is 1. The maximum Gasteiger partial charge on any atom is 0.250 e. The molecule has 1 rings (SSSR count). The van der Waals surface area contributed by atoms with E-state index in [1.165, 1.54) is 5.56 Å². The summed E-state index contributed by atoms with van der Waals surface area (Å²) in [7, 11) is 0. The topological polar surface area (TPSA) is 12.0 Å². The van der Waals surface area contributed by atoms with E-state index < -0.39 is 6.43 Å². The van der Waals surface area contributed by atoms with Crippen molar-refractivity contribution in [2.75, 3.05) is 13.1 Å². The van der Waals surface area contributed by atoms with E-state index in [1.807, 2.05) is 16.8 Å². The SMILES string of the molecule is FC(F)CNCCc1ccsc1. The minimum Gasteiger partial charge on any atom is -0.311 e. The van der Waals surface area contributed by atoms with Gasteiger partial charge in [-0.2, -0.15) is 11.3 Å². The van der Waals surface area contributed by atoms with Gasteiger partial charge in [-0.3, -0.25) is 0 Å². The fraction of sp³-hybridized carbons (Fsp3) is 0.500. The van der Waals surface area contributed by atoms with Gasteiger partial charge in [0.15, 0.2) is 0 Å². The molecule has 0 atom stereocenters. The second kappa shape index (κ2) is 5.22. The van der Waals surface area contributed by atoms with Crippen LogP contribution in [0, 0.1) is 0 Å². The summed E-state index contributed by atoms with van der Waals surface area (Å²) in [4.78, 5) is 0. The van der Waals surface area contributed by atoms with Crippen molar-refractivity contribution in [2.45, 2.75) is 12.8 Å². The molecular weight excluding hydrogens is 180 g/mol. The minimum absolute atomic E-state index is 0.204. The second-order valence-electron chi connectivity index (χ2n) is 2.48. The summed E-state index contributed by atoms with van der Waals surface area (Å²) in [5, 5.41) is 6.70. The van der Waals surface area contributed by atoms with Crippen molar-refractivity contribution in [3.63, 3.8) is 0 Å². The van der Waals surface area contributed by atoms with E-state index in [2.05, 4.69) is 5.32 Å². The molecule has 1 aromatic rings. The molecule has 0 spiro atoms. The zero-order valence-corrected chi connectivity index (χ0v) is 7.41. The molecule has 0 fully saturated rings. The fourth-order valence-electron chi connectivity index (χ4n) is 0.879. The summed E-state index contributed by atoms with van der Waals surface area (Å²) < 4.78 is 23.3. The molecular formula is C8H11F2NS. The standard InChI is InChI=1S/C8H11F2NS/c9-8(10)5-11-3-1-7-2-4-12-6-7/h2,4,6,8,11H,1,3,5H2. The highest BCUT2D eigenvalue weighted by molar-refractivity contribution is 7.07.